The molecule has 2 aromatic carbocycles. The third-order valence-electron chi connectivity index (χ3n) is 6.97. The lowest BCUT2D eigenvalue weighted by Gasteiger charge is -2.32. The van der Waals surface area contributed by atoms with Crippen molar-refractivity contribution in [1.29, 1.82) is 0 Å². The minimum Gasteiger partial charge on any atom is -0.463 e. The van der Waals surface area contributed by atoms with Gasteiger partial charge in [0.2, 0.25) is 15.8 Å². The molecule has 10 heteroatoms. The average molecular weight is 561 g/mol. The van der Waals surface area contributed by atoms with E-state index in [1.165, 1.54) is 6.07 Å². The SMILES string of the molecule is CC1(C)OCc2cc(C3CN(CCCCCCCOCCCc4cccc(S(N)(=O)=O)c4)C(=O)O3)ccc2O1. The van der Waals surface area contributed by atoms with Crippen molar-refractivity contribution in [3.63, 3.8) is 0 Å². The minimum atomic E-state index is -3.67. The fraction of sp³-hybridized carbons (Fsp3) is 0.552. The molecule has 1 atom stereocenters. The van der Waals surface area contributed by atoms with E-state index in [-0.39, 0.29) is 17.1 Å². The van der Waals surface area contributed by atoms with Gasteiger partial charge in [-0.3, -0.25) is 0 Å². The fourth-order valence-corrected chi connectivity index (χ4v) is 5.40. The van der Waals surface area contributed by atoms with Gasteiger partial charge in [0.25, 0.3) is 0 Å². The summed E-state index contributed by atoms with van der Waals surface area (Å²) in [6.45, 7) is 6.87. The zero-order valence-corrected chi connectivity index (χ0v) is 23.7. The number of sulfonamides is 1. The Bertz CT molecular complexity index is 1230. The highest BCUT2D eigenvalue weighted by atomic mass is 32.2. The van der Waals surface area contributed by atoms with E-state index in [1.807, 2.05) is 38.1 Å². The van der Waals surface area contributed by atoms with Crippen molar-refractivity contribution in [2.75, 3.05) is 26.3 Å². The van der Waals surface area contributed by atoms with Crippen molar-refractivity contribution in [3.05, 3.63) is 59.2 Å². The van der Waals surface area contributed by atoms with Crippen LogP contribution in [0, 0.1) is 0 Å². The molecule has 0 bridgehead atoms. The number of aryl methyl sites for hydroxylation is 1. The summed E-state index contributed by atoms with van der Waals surface area (Å²) < 4.78 is 45.9. The van der Waals surface area contributed by atoms with Gasteiger partial charge in [0.15, 0.2) is 0 Å². The summed E-state index contributed by atoms with van der Waals surface area (Å²) in [6.07, 6.45) is 6.22. The molecule has 9 nitrogen and oxygen atoms in total. The first-order valence-corrected chi connectivity index (χ1v) is 15.3. The molecule has 0 aliphatic carbocycles. The Hall–Kier alpha value is -2.66. The van der Waals surface area contributed by atoms with E-state index in [4.69, 9.17) is 24.1 Å². The molecule has 1 saturated heterocycles. The molecule has 2 aliphatic heterocycles. The number of benzene rings is 2. The topological polar surface area (TPSA) is 117 Å². The Morgan fingerprint density at radius 1 is 1.03 bits per heavy atom. The van der Waals surface area contributed by atoms with Crippen LogP contribution >= 0.6 is 0 Å². The lowest BCUT2D eigenvalue weighted by Crippen LogP contribution is -2.35. The van der Waals surface area contributed by atoms with E-state index in [9.17, 15) is 13.2 Å². The highest BCUT2D eigenvalue weighted by Gasteiger charge is 2.33. The number of ether oxygens (including phenoxy) is 4. The minimum absolute atomic E-state index is 0.145. The quantitative estimate of drug-likeness (QED) is 0.321. The van der Waals surface area contributed by atoms with Crippen LogP contribution in [0.2, 0.25) is 0 Å². The van der Waals surface area contributed by atoms with Crippen LogP contribution in [0.3, 0.4) is 0 Å². The lowest BCUT2D eigenvalue weighted by atomic mass is 10.0. The maximum absolute atomic E-state index is 12.4. The Labute approximate surface area is 231 Å². The Morgan fingerprint density at radius 2 is 1.79 bits per heavy atom. The number of hydrogen-bond acceptors (Lipinski definition) is 7. The molecule has 0 radical (unpaired) electrons. The van der Waals surface area contributed by atoms with Gasteiger partial charge in [-0.15, -0.1) is 0 Å². The molecule has 4 rings (SSSR count). The predicted octanol–water partition coefficient (Wildman–Crippen LogP) is 5.07. The van der Waals surface area contributed by atoms with Gasteiger partial charge in [-0.2, -0.15) is 0 Å². The summed E-state index contributed by atoms with van der Waals surface area (Å²) in [4.78, 5) is 14.3. The number of carbonyl (C=O) groups is 1. The zero-order valence-electron chi connectivity index (χ0n) is 22.9. The standard InChI is InChI=1S/C29H40N2O7S/c1-29(2)36-21-24-19-23(13-14-26(24)38-29)27-20-31(28(32)37-27)15-6-4-3-5-7-16-35-17-9-11-22-10-8-12-25(18-22)39(30,33)34/h8,10,12-14,18-19,27H,3-7,9,11,15-17,20-21H2,1-2H3,(H2,30,33,34). The number of cyclic esters (lactones) is 1. The molecule has 39 heavy (non-hydrogen) atoms. The molecule has 0 aromatic heterocycles. The first kappa shape index (κ1) is 29.3. The van der Waals surface area contributed by atoms with Gasteiger partial charge in [0, 0.05) is 39.2 Å². The van der Waals surface area contributed by atoms with Crippen LogP contribution in [-0.2, 0) is 37.3 Å². The number of nitrogens with two attached hydrogens (primary N) is 1. The van der Waals surface area contributed by atoms with Crippen LogP contribution in [0.5, 0.6) is 5.75 Å². The maximum atomic E-state index is 12.4. The molecule has 1 unspecified atom stereocenters. The second-order valence-electron chi connectivity index (χ2n) is 10.7. The Balaban J connectivity index is 1.04. The van der Waals surface area contributed by atoms with Crippen LogP contribution in [0.25, 0.3) is 0 Å². The molecule has 2 heterocycles. The van der Waals surface area contributed by atoms with Gasteiger partial charge in [0.05, 0.1) is 18.0 Å². The molecule has 2 aromatic rings. The van der Waals surface area contributed by atoms with Crippen LogP contribution in [0.4, 0.5) is 4.79 Å². The van der Waals surface area contributed by atoms with Gasteiger partial charge in [-0.05, 0) is 61.1 Å². The summed E-state index contributed by atoms with van der Waals surface area (Å²) in [6, 6.07) is 12.7. The Morgan fingerprint density at radius 3 is 2.62 bits per heavy atom. The van der Waals surface area contributed by atoms with Gasteiger partial charge in [0.1, 0.15) is 11.9 Å². The number of carbonyl (C=O) groups excluding carboxylic acids is 1. The number of hydrogen-bond donors (Lipinski definition) is 1. The number of rotatable bonds is 14. The second kappa shape index (κ2) is 13.1. The van der Waals surface area contributed by atoms with Crippen LogP contribution < -0.4 is 9.88 Å². The first-order valence-electron chi connectivity index (χ1n) is 13.7. The van der Waals surface area contributed by atoms with Gasteiger partial charge in [-0.25, -0.2) is 18.4 Å². The van der Waals surface area contributed by atoms with Crippen LogP contribution in [-0.4, -0.2) is 51.5 Å². The summed E-state index contributed by atoms with van der Waals surface area (Å²) in [5.41, 5.74) is 2.88. The Kier molecular flexibility index (Phi) is 9.87. The molecule has 2 N–H and O–H groups in total. The highest BCUT2D eigenvalue weighted by molar-refractivity contribution is 7.89. The number of fused-ring (bicyclic) bond motifs is 1. The first-order chi connectivity index (χ1) is 18.6. The average Bonchev–Trinajstić information content (AvgIpc) is 3.26. The normalized spacial score (nSPS) is 18.5. The molecule has 0 saturated carbocycles. The highest BCUT2D eigenvalue weighted by Crippen LogP contribution is 2.35. The summed E-state index contributed by atoms with van der Waals surface area (Å²) in [7, 11) is -3.67. The van der Waals surface area contributed by atoms with Crippen molar-refractivity contribution in [3.8, 4) is 5.75 Å². The molecular weight excluding hydrogens is 520 g/mol. The fourth-order valence-electron chi connectivity index (χ4n) is 4.82. The van der Waals surface area contributed by atoms with Crippen LogP contribution in [0.1, 0.15) is 75.2 Å². The predicted molar refractivity (Wildman–Crippen MR) is 147 cm³/mol. The van der Waals surface area contributed by atoms with E-state index < -0.39 is 15.8 Å². The van der Waals surface area contributed by atoms with Gasteiger partial charge >= 0.3 is 6.09 Å². The zero-order chi connectivity index (χ0) is 27.9. The smallest absolute Gasteiger partial charge is 0.410 e. The lowest BCUT2D eigenvalue weighted by molar-refractivity contribution is -0.180. The van der Waals surface area contributed by atoms with E-state index in [0.717, 1.165) is 67.4 Å². The van der Waals surface area contributed by atoms with Crippen LogP contribution in [0.15, 0.2) is 47.4 Å². The van der Waals surface area contributed by atoms with E-state index in [2.05, 4.69) is 0 Å². The molecular formula is C29H40N2O7S. The largest absolute Gasteiger partial charge is 0.463 e. The maximum Gasteiger partial charge on any atom is 0.410 e. The van der Waals surface area contributed by atoms with Crippen molar-refractivity contribution < 1.29 is 32.2 Å². The summed E-state index contributed by atoms with van der Waals surface area (Å²) >= 11 is 0. The van der Waals surface area contributed by atoms with Gasteiger partial charge in [-0.1, -0.05) is 37.5 Å². The number of primary sulfonamides is 1. The van der Waals surface area contributed by atoms with E-state index in [1.54, 1.807) is 17.0 Å². The second-order valence-corrected chi connectivity index (χ2v) is 12.2. The molecule has 0 spiro atoms. The van der Waals surface area contributed by atoms with Crippen molar-refractivity contribution in [2.24, 2.45) is 5.14 Å². The van der Waals surface area contributed by atoms with Crippen molar-refractivity contribution in [1.82, 2.24) is 4.90 Å². The monoisotopic (exact) mass is 560 g/mol. The molecule has 1 fully saturated rings. The number of amides is 1. The van der Waals surface area contributed by atoms with E-state index >= 15 is 0 Å². The summed E-state index contributed by atoms with van der Waals surface area (Å²) in [5.74, 6) is 0.183. The van der Waals surface area contributed by atoms with Gasteiger partial charge < -0.3 is 23.8 Å². The molecule has 214 valence electrons. The molecule has 2 aliphatic rings. The molecule has 1 amide bonds. The van der Waals surface area contributed by atoms with E-state index in [0.29, 0.717) is 32.9 Å². The third-order valence-corrected chi connectivity index (χ3v) is 7.88. The van der Waals surface area contributed by atoms with Crippen molar-refractivity contribution in [2.45, 2.75) is 82.2 Å². The van der Waals surface area contributed by atoms with Crippen molar-refractivity contribution >= 4 is 16.1 Å². The summed E-state index contributed by atoms with van der Waals surface area (Å²) in [5, 5.41) is 5.19. The number of nitrogens with zero attached hydrogens (tertiary/aromatic N) is 1. The third kappa shape index (κ3) is 8.66. The number of unbranched alkanes of at least 4 members (excludes halogenated alkanes) is 4.